The molecule has 8 nitrogen and oxygen atoms in total. The molecule has 37 heavy (non-hydrogen) atoms. The van der Waals surface area contributed by atoms with Gasteiger partial charge in [-0.3, -0.25) is 19.3 Å². The Morgan fingerprint density at radius 3 is 2.49 bits per heavy atom. The molecule has 0 bridgehead atoms. The summed E-state index contributed by atoms with van der Waals surface area (Å²) in [6, 6.07) is 13.6. The standard InChI is InChI=1S/C27H30BrN3O5S/c1-4-18(2)36-25-21(28)14-19(15-22(25)35-3)16-23-26(33)31(27(34)37-23)17-24(32)30-12-10-29(11-13-30)20-8-6-5-7-9-20/h5-9,14-16,18H,4,10-13,17H2,1-3H3/b23-16+/t18-/m0/s1. The Hall–Kier alpha value is -2.98. The Balaban J connectivity index is 1.41. The van der Waals surface area contributed by atoms with Crippen LogP contribution in [-0.4, -0.2) is 72.8 Å². The lowest BCUT2D eigenvalue weighted by Gasteiger charge is -2.36. The number of carbonyl (C=O) groups excluding carboxylic acids is 3. The van der Waals surface area contributed by atoms with Crippen LogP contribution in [0, 0.1) is 0 Å². The predicted octanol–water partition coefficient (Wildman–Crippen LogP) is 5.02. The van der Waals surface area contributed by atoms with Crippen LogP contribution in [0.5, 0.6) is 11.5 Å². The molecule has 1 atom stereocenters. The highest BCUT2D eigenvalue weighted by molar-refractivity contribution is 9.10. The number of hydrogen-bond donors (Lipinski definition) is 0. The molecule has 0 N–H and O–H groups in total. The minimum absolute atomic E-state index is 0.00593. The van der Waals surface area contributed by atoms with Gasteiger partial charge in [-0.1, -0.05) is 25.1 Å². The average molecular weight is 589 g/mol. The fraction of sp³-hybridized carbons (Fsp3) is 0.370. The number of nitrogens with zero attached hydrogens (tertiary/aromatic N) is 3. The van der Waals surface area contributed by atoms with Gasteiger partial charge in [0, 0.05) is 31.9 Å². The van der Waals surface area contributed by atoms with Crippen molar-refractivity contribution in [2.75, 3.05) is 44.7 Å². The summed E-state index contributed by atoms with van der Waals surface area (Å²) in [5.74, 6) is 0.401. The van der Waals surface area contributed by atoms with E-state index in [0.29, 0.717) is 47.7 Å². The van der Waals surface area contributed by atoms with Gasteiger partial charge in [0.15, 0.2) is 11.5 Å². The zero-order valence-electron chi connectivity index (χ0n) is 21.1. The normalized spacial score (nSPS) is 17.9. The molecule has 2 aliphatic rings. The molecule has 2 saturated heterocycles. The first-order chi connectivity index (χ1) is 17.8. The lowest BCUT2D eigenvalue weighted by Crippen LogP contribution is -2.51. The van der Waals surface area contributed by atoms with Crippen molar-refractivity contribution in [3.05, 3.63) is 57.4 Å². The predicted molar refractivity (Wildman–Crippen MR) is 149 cm³/mol. The second kappa shape index (κ2) is 12.0. The second-order valence-corrected chi connectivity index (χ2v) is 10.7. The van der Waals surface area contributed by atoms with E-state index < -0.39 is 11.1 Å². The number of carbonyl (C=O) groups is 3. The molecular formula is C27H30BrN3O5S. The summed E-state index contributed by atoms with van der Waals surface area (Å²) < 4.78 is 12.1. The third kappa shape index (κ3) is 6.30. The van der Waals surface area contributed by atoms with E-state index in [9.17, 15) is 14.4 Å². The third-order valence-electron chi connectivity index (χ3n) is 6.36. The van der Waals surface area contributed by atoms with Crippen LogP contribution in [0.4, 0.5) is 10.5 Å². The molecule has 2 heterocycles. The van der Waals surface area contributed by atoms with Crippen LogP contribution in [0.3, 0.4) is 0 Å². The first kappa shape index (κ1) is 27.1. The summed E-state index contributed by atoms with van der Waals surface area (Å²) >= 11 is 4.36. The SMILES string of the molecule is CC[C@H](C)Oc1c(Br)cc(/C=C2/SC(=O)N(CC(=O)N3CCN(c4ccccc4)CC3)C2=O)cc1OC. The Morgan fingerprint density at radius 1 is 1.14 bits per heavy atom. The number of hydrogen-bond acceptors (Lipinski definition) is 7. The van der Waals surface area contributed by atoms with Crippen molar-refractivity contribution in [2.45, 2.75) is 26.4 Å². The van der Waals surface area contributed by atoms with Crippen LogP contribution in [0.25, 0.3) is 6.08 Å². The first-order valence-corrected chi connectivity index (χ1v) is 13.8. The number of ether oxygens (including phenoxy) is 2. The quantitative estimate of drug-likeness (QED) is 0.401. The highest BCUT2D eigenvalue weighted by atomic mass is 79.9. The Morgan fingerprint density at radius 2 is 1.84 bits per heavy atom. The van der Waals surface area contributed by atoms with Gasteiger partial charge in [0.2, 0.25) is 5.91 Å². The minimum atomic E-state index is -0.471. The number of piperazine rings is 1. The van der Waals surface area contributed by atoms with Crippen LogP contribution < -0.4 is 14.4 Å². The summed E-state index contributed by atoms with van der Waals surface area (Å²) in [4.78, 5) is 43.8. The molecule has 10 heteroatoms. The van der Waals surface area contributed by atoms with Gasteiger partial charge in [0.25, 0.3) is 11.1 Å². The van der Waals surface area contributed by atoms with Gasteiger partial charge in [0.05, 0.1) is 22.6 Å². The summed E-state index contributed by atoms with van der Waals surface area (Å²) in [6.07, 6.45) is 2.48. The average Bonchev–Trinajstić information content (AvgIpc) is 3.17. The second-order valence-electron chi connectivity index (χ2n) is 8.84. The molecule has 2 fully saturated rings. The highest BCUT2D eigenvalue weighted by Crippen LogP contribution is 2.39. The molecule has 0 unspecified atom stereocenters. The molecule has 2 aliphatic heterocycles. The van der Waals surface area contributed by atoms with E-state index in [-0.39, 0.29) is 23.5 Å². The number of methoxy groups -OCH3 is 1. The fourth-order valence-corrected chi connectivity index (χ4v) is 5.49. The molecule has 2 aromatic carbocycles. The van der Waals surface area contributed by atoms with E-state index in [1.54, 1.807) is 24.2 Å². The van der Waals surface area contributed by atoms with Crippen molar-refractivity contribution in [1.82, 2.24) is 9.80 Å². The zero-order chi connectivity index (χ0) is 26.5. The topological polar surface area (TPSA) is 79.4 Å². The molecule has 0 aliphatic carbocycles. The van der Waals surface area contributed by atoms with E-state index >= 15 is 0 Å². The fourth-order valence-electron chi connectivity index (χ4n) is 4.10. The maximum Gasteiger partial charge on any atom is 0.294 e. The van der Waals surface area contributed by atoms with Crippen molar-refractivity contribution in [3.63, 3.8) is 0 Å². The summed E-state index contributed by atoms with van der Waals surface area (Å²) in [6.45, 7) is 6.22. The van der Waals surface area contributed by atoms with Crippen LogP contribution >= 0.6 is 27.7 Å². The maximum atomic E-state index is 13.0. The summed E-state index contributed by atoms with van der Waals surface area (Å²) in [5, 5.41) is -0.449. The Kier molecular flexibility index (Phi) is 8.81. The van der Waals surface area contributed by atoms with Crippen molar-refractivity contribution in [2.24, 2.45) is 0 Å². The number of halogens is 1. The van der Waals surface area contributed by atoms with E-state index in [4.69, 9.17) is 9.47 Å². The Labute approximate surface area is 229 Å². The number of benzene rings is 2. The van der Waals surface area contributed by atoms with Crippen molar-refractivity contribution < 1.29 is 23.9 Å². The zero-order valence-corrected chi connectivity index (χ0v) is 23.5. The highest BCUT2D eigenvalue weighted by Gasteiger charge is 2.37. The van der Waals surface area contributed by atoms with Crippen LogP contribution in [0.15, 0.2) is 51.8 Å². The van der Waals surface area contributed by atoms with Gasteiger partial charge in [-0.15, -0.1) is 0 Å². The van der Waals surface area contributed by atoms with Crippen LogP contribution in [-0.2, 0) is 9.59 Å². The van der Waals surface area contributed by atoms with Crippen molar-refractivity contribution in [1.29, 1.82) is 0 Å². The van der Waals surface area contributed by atoms with Crippen LogP contribution in [0.2, 0.25) is 0 Å². The molecule has 0 saturated carbocycles. The van der Waals surface area contributed by atoms with Gasteiger partial charge >= 0.3 is 0 Å². The molecular weight excluding hydrogens is 558 g/mol. The number of amides is 3. The molecule has 196 valence electrons. The first-order valence-electron chi connectivity index (χ1n) is 12.2. The molecule has 4 rings (SSSR count). The smallest absolute Gasteiger partial charge is 0.294 e. The monoisotopic (exact) mass is 587 g/mol. The van der Waals surface area contributed by atoms with Gasteiger partial charge in [0.1, 0.15) is 6.54 Å². The molecule has 0 aromatic heterocycles. The number of anilines is 1. The van der Waals surface area contributed by atoms with Crippen molar-refractivity contribution >= 4 is 56.5 Å². The molecule has 0 radical (unpaired) electrons. The third-order valence-corrected chi connectivity index (χ3v) is 7.86. The van der Waals surface area contributed by atoms with E-state index in [0.717, 1.165) is 28.8 Å². The minimum Gasteiger partial charge on any atom is -0.493 e. The van der Waals surface area contributed by atoms with Crippen molar-refractivity contribution in [3.8, 4) is 11.5 Å². The van der Waals surface area contributed by atoms with Gasteiger partial charge in [-0.25, -0.2) is 0 Å². The molecule has 2 aromatic rings. The number of thioether (sulfide) groups is 1. The molecule has 3 amide bonds. The van der Waals surface area contributed by atoms with E-state index in [2.05, 4.69) is 20.8 Å². The van der Waals surface area contributed by atoms with Gasteiger partial charge < -0.3 is 19.3 Å². The number of rotatable bonds is 8. The lowest BCUT2D eigenvalue weighted by atomic mass is 10.1. The summed E-state index contributed by atoms with van der Waals surface area (Å²) in [5.41, 5.74) is 1.79. The number of para-hydroxylation sites is 1. The van der Waals surface area contributed by atoms with E-state index in [1.165, 1.54) is 0 Å². The largest absolute Gasteiger partial charge is 0.493 e. The molecule has 0 spiro atoms. The van der Waals surface area contributed by atoms with Gasteiger partial charge in [-0.2, -0.15) is 0 Å². The van der Waals surface area contributed by atoms with Gasteiger partial charge in [-0.05, 0) is 76.9 Å². The Bertz CT molecular complexity index is 1200. The van der Waals surface area contributed by atoms with Crippen LogP contribution in [0.1, 0.15) is 25.8 Å². The maximum absolute atomic E-state index is 13.0. The lowest BCUT2D eigenvalue weighted by molar-refractivity contribution is -0.136. The van der Waals surface area contributed by atoms with E-state index in [1.807, 2.05) is 50.2 Å². The summed E-state index contributed by atoms with van der Waals surface area (Å²) in [7, 11) is 1.55. The number of imide groups is 1.